The highest BCUT2D eigenvalue weighted by atomic mass is 16.5. The predicted molar refractivity (Wildman–Crippen MR) is 77.4 cm³/mol. The van der Waals surface area contributed by atoms with Gasteiger partial charge in [0.2, 0.25) is 0 Å². The molecule has 100 valence electrons. The van der Waals surface area contributed by atoms with E-state index in [1.807, 2.05) is 0 Å². The first-order valence-corrected chi connectivity index (χ1v) is 6.73. The van der Waals surface area contributed by atoms with Crippen LogP contribution in [-0.4, -0.2) is 39.4 Å². The standard InChI is InChI=1S/C14H23N3O/c1-3-16(4-2)14-6-5-12(11-13(14)15)17-7-9-18-10-8-17/h5-6,11H,3-4,7-10,15H2,1-2H3. The molecule has 0 aromatic heterocycles. The van der Waals surface area contributed by atoms with E-state index in [9.17, 15) is 0 Å². The third-order valence-corrected chi connectivity index (χ3v) is 3.49. The summed E-state index contributed by atoms with van der Waals surface area (Å²) in [7, 11) is 0. The number of benzene rings is 1. The molecule has 0 aliphatic carbocycles. The first-order valence-electron chi connectivity index (χ1n) is 6.73. The van der Waals surface area contributed by atoms with Gasteiger partial charge in [0.1, 0.15) is 0 Å². The van der Waals surface area contributed by atoms with Gasteiger partial charge in [0.25, 0.3) is 0 Å². The van der Waals surface area contributed by atoms with E-state index in [0.29, 0.717) is 0 Å². The van der Waals surface area contributed by atoms with Gasteiger partial charge in [-0.1, -0.05) is 0 Å². The van der Waals surface area contributed by atoms with Crippen molar-refractivity contribution >= 4 is 17.1 Å². The van der Waals surface area contributed by atoms with Crippen LogP contribution in [0.5, 0.6) is 0 Å². The van der Waals surface area contributed by atoms with Crippen LogP contribution < -0.4 is 15.5 Å². The Morgan fingerprint density at radius 3 is 2.44 bits per heavy atom. The molecule has 0 spiro atoms. The maximum atomic E-state index is 6.18. The van der Waals surface area contributed by atoms with Crippen molar-refractivity contribution in [3.8, 4) is 0 Å². The zero-order valence-electron chi connectivity index (χ0n) is 11.4. The molecule has 2 rings (SSSR count). The average molecular weight is 249 g/mol. The van der Waals surface area contributed by atoms with Crippen molar-refractivity contribution < 1.29 is 4.74 Å². The van der Waals surface area contributed by atoms with Crippen molar-refractivity contribution in [2.45, 2.75) is 13.8 Å². The molecule has 1 fully saturated rings. The Kier molecular flexibility index (Phi) is 4.31. The lowest BCUT2D eigenvalue weighted by molar-refractivity contribution is 0.122. The summed E-state index contributed by atoms with van der Waals surface area (Å²) in [5, 5.41) is 0. The summed E-state index contributed by atoms with van der Waals surface area (Å²) in [6.07, 6.45) is 0. The first-order chi connectivity index (χ1) is 8.76. The number of morpholine rings is 1. The number of hydrogen-bond acceptors (Lipinski definition) is 4. The van der Waals surface area contributed by atoms with Gasteiger partial charge >= 0.3 is 0 Å². The molecule has 0 saturated carbocycles. The second-order valence-corrected chi connectivity index (χ2v) is 4.51. The van der Waals surface area contributed by atoms with Crippen LogP contribution in [0.15, 0.2) is 18.2 Å². The fourth-order valence-electron chi connectivity index (χ4n) is 2.41. The minimum atomic E-state index is 0.803. The van der Waals surface area contributed by atoms with Crippen LogP contribution >= 0.6 is 0 Å². The number of nitrogens with two attached hydrogens (primary N) is 1. The van der Waals surface area contributed by atoms with E-state index in [1.165, 1.54) is 5.69 Å². The van der Waals surface area contributed by atoms with E-state index in [2.05, 4.69) is 41.8 Å². The van der Waals surface area contributed by atoms with E-state index in [0.717, 1.165) is 50.8 Å². The fraction of sp³-hybridized carbons (Fsp3) is 0.571. The number of nitrogens with zero attached hydrogens (tertiary/aromatic N) is 2. The van der Waals surface area contributed by atoms with Crippen LogP contribution in [0.4, 0.5) is 17.1 Å². The molecule has 1 aliphatic heterocycles. The van der Waals surface area contributed by atoms with Gasteiger partial charge in [-0.25, -0.2) is 0 Å². The van der Waals surface area contributed by atoms with Gasteiger partial charge in [-0.3, -0.25) is 0 Å². The fourth-order valence-corrected chi connectivity index (χ4v) is 2.41. The zero-order valence-corrected chi connectivity index (χ0v) is 11.4. The van der Waals surface area contributed by atoms with E-state index < -0.39 is 0 Å². The van der Waals surface area contributed by atoms with Crippen molar-refractivity contribution in [3.05, 3.63) is 18.2 Å². The van der Waals surface area contributed by atoms with Gasteiger partial charge in [-0.15, -0.1) is 0 Å². The van der Waals surface area contributed by atoms with Crippen molar-refractivity contribution in [2.24, 2.45) is 0 Å². The van der Waals surface area contributed by atoms with Crippen molar-refractivity contribution in [2.75, 3.05) is 54.9 Å². The van der Waals surface area contributed by atoms with Gasteiger partial charge in [0.05, 0.1) is 24.6 Å². The Morgan fingerprint density at radius 2 is 1.89 bits per heavy atom. The smallest absolute Gasteiger partial charge is 0.0642 e. The summed E-state index contributed by atoms with van der Waals surface area (Å²) in [5.41, 5.74) is 9.38. The normalized spacial score (nSPS) is 15.8. The predicted octanol–water partition coefficient (Wildman–Crippen LogP) is 1.95. The Hall–Kier alpha value is -1.42. The first kappa shape index (κ1) is 13.0. The highest BCUT2D eigenvalue weighted by molar-refractivity contribution is 5.73. The second-order valence-electron chi connectivity index (χ2n) is 4.51. The van der Waals surface area contributed by atoms with Gasteiger partial charge in [-0.05, 0) is 32.0 Å². The quantitative estimate of drug-likeness (QED) is 0.828. The van der Waals surface area contributed by atoms with Gasteiger partial charge in [0.15, 0.2) is 0 Å². The summed E-state index contributed by atoms with van der Waals surface area (Å²) in [6.45, 7) is 9.77. The summed E-state index contributed by atoms with van der Waals surface area (Å²) in [5.74, 6) is 0. The van der Waals surface area contributed by atoms with Gasteiger partial charge in [-0.2, -0.15) is 0 Å². The number of anilines is 3. The molecule has 0 bridgehead atoms. The molecule has 0 amide bonds. The maximum absolute atomic E-state index is 6.18. The minimum absolute atomic E-state index is 0.803. The van der Waals surface area contributed by atoms with Crippen LogP contribution in [0.25, 0.3) is 0 Å². The molecule has 0 radical (unpaired) electrons. The Balaban J connectivity index is 2.18. The number of nitrogen functional groups attached to an aromatic ring is 1. The second kappa shape index (κ2) is 5.96. The van der Waals surface area contributed by atoms with Crippen LogP contribution in [0.3, 0.4) is 0 Å². The molecule has 1 aromatic rings. The summed E-state index contributed by atoms with van der Waals surface area (Å²) >= 11 is 0. The highest BCUT2D eigenvalue weighted by Crippen LogP contribution is 2.28. The van der Waals surface area contributed by atoms with Crippen LogP contribution in [0.2, 0.25) is 0 Å². The summed E-state index contributed by atoms with van der Waals surface area (Å²) in [6, 6.07) is 6.38. The average Bonchev–Trinajstić information content (AvgIpc) is 2.43. The lowest BCUT2D eigenvalue weighted by Crippen LogP contribution is -2.36. The minimum Gasteiger partial charge on any atom is -0.397 e. The van der Waals surface area contributed by atoms with Gasteiger partial charge < -0.3 is 20.3 Å². The lowest BCUT2D eigenvalue weighted by Gasteiger charge is -2.30. The summed E-state index contributed by atoms with van der Waals surface area (Å²) < 4.78 is 5.37. The van der Waals surface area contributed by atoms with Crippen molar-refractivity contribution in [3.63, 3.8) is 0 Å². The molecule has 4 nitrogen and oxygen atoms in total. The molecule has 1 aliphatic rings. The number of hydrogen-bond donors (Lipinski definition) is 1. The van der Waals surface area contributed by atoms with Crippen molar-refractivity contribution in [1.29, 1.82) is 0 Å². The molecule has 1 saturated heterocycles. The van der Waals surface area contributed by atoms with Crippen LogP contribution in [-0.2, 0) is 4.74 Å². The SMILES string of the molecule is CCN(CC)c1ccc(N2CCOCC2)cc1N. The van der Waals surface area contributed by atoms with Crippen molar-refractivity contribution in [1.82, 2.24) is 0 Å². The zero-order chi connectivity index (χ0) is 13.0. The highest BCUT2D eigenvalue weighted by Gasteiger charge is 2.13. The number of rotatable bonds is 4. The topological polar surface area (TPSA) is 41.7 Å². The van der Waals surface area contributed by atoms with E-state index >= 15 is 0 Å². The molecule has 0 atom stereocenters. The molecule has 18 heavy (non-hydrogen) atoms. The molecule has 1 heterocycles. The third-order valence-electron chi connectivity index (χ3n) is 3.49. The van der Waals surface area contributed by atoms with Gasteiger partial charge in [0, 0.05) is 31.9 Å². The molecule has 1 aromatic carbocycles. The molecule has 2 N–H and O–H groups in total. The van der Waals surface area contributed by atoms with E-state index in [4.69, 9.17) is 10.5 Å². The maximum Gasteiger partial charge on any atom is 0.0642 e. The Labute approximate surface area is 109 Å². The number of ether oxygens (including phenoxy) is 1. The summed E-state index contributed by atoms with van der Waals surface area (Å²) in [4.78, 5) is 4.60. The van der Waals surface area contributed by atoms with E-state index in [-0.39, 0.29) is 0 Å². The molecule has 0 unspecified atom stereocenters. The molecule has 4 heteroatoms. The Bertz CT molecular complexity index is 385. The largest absolute Gasteiger partial charge is 0.397 e. The lowest BCUT2D eigenvalue weighted by atomic mass is 10.2. The van der Waals surface area contributed by atoms with E-state index in [1.54, 1.807) is 0 Å². The van der Waals surface area contributed by atoms with Crippen LogP contribution in [0, 0.1) is 0 Å². The molecular weight excluding hydrogens is 226 g/mol. The monoisotopic (exact) mass is 249 g/mol. The Morgan fingerprint density at radius 1 is 1.22 bits per heavy atom. The third kappa shape index (κ3) is 2.70. The molecular formula is C14H23N3O. The van der Waals surface area contributed by atoms with Crippen LogP contribution in [0.1, 0.15) is 13.8 Å².